The molecule has 0 atom stereocenters. The molecule has 0 fully saturated rings. The predicted molar refractivity (Wildman–Crippen MR) is 77.3 cm³/mol. The monoisotopic (exact) mass is 367 g/mol. The highest BCUT2D eigenvalue weighted by molar-refractivity contribution is 7.99. The van der Waals surface area contributed by atoms with Gasteiger partial charge in [-0.15, -0.1) is 0 Å². The molecule has 11 heteroatoms. The van der Waals surface area contributed by atoms with Gasteiger partial charge in [-0.2, -0.15) is 13.2 Å². The molecule has 23 heavy (non-hydrogen) atoms. The second-order valence-electron chi connectivity index (χ2n) is 4.23. The fraction of sp³-hybridized carbons (Fsp3) is 0.250. The van der Waals surface area contributed by atoms with Crippen molar-refractivity contribution in [2.24, 2.45) is 0 Å². The molecule has 0 unspecified atom stereocenters. The maximum Gasteiger partial charge on any atom is 0.405 e. The zero-order valence-corrected chi connectivity index (χ0v) is 12.8. The number of nitrogens with zero attached hydrogens (tertiary/aromatic N) is 1. The number of amides is 3. The minimum atomic E-state index is -4.55. The summed E-state index contributed by atoms with van der Waals surface area (Å²) in [5, 5.41) is 3.93. The first-order chi connectivity index (χ1) is 10.7. The van der Waals surface area contributed by atoms with Gasteiger partial charge in [0.2, 0.25) is 5.91 Å². The number of alkyl halides is 3. The molecule has 0 saturated carbocycles. The van der Waals surface area contributed by atoms with Crippen molar-refractivity contribution in [1.82, 2.24) is 15.6 Å². The summed E-state index contributed by atoms with van der Waals surface area (Å²) in [6.07, 6.45) is -4.55. The first-order valence-electron chi connectivity index (χ1n) is 6.06. The number of hydrogen-bond acceptors (Lipinski definition) is 5. The molecule has 1 heterocycles. The summed E-state index contributed by atoms with van der Waals surface area (Å²) in [6.45, 7) is -1.52. The van der Waals surface area contributed by atoms with E-state index in [-0.39, 0.29) is 11.0 Å². The van der Waals surface area contributed by atoms with Gasteiger partial charge in [0.25, 0.3) is 5.22 Å². The summed E-state index contributed by atoms with van der Waals surface area (Å²) in [4.78, 5) is 26.6. The third-order valence-corrected chi connectivity index (χ3v) is 3.42. The molecular weight excluding hydrogens is 359 g/mol. The van der Waals surface area contributed by atoms with Gasteiger partial charge >= 0.3 is 12.2 Å². The predicted octanol–water partition coefficient (Wildman–Crippen LogP) is 2.96. The number of benzene rings is 1. The normalized spacial score (nSPS) is 11.5. The van der Waals surface area contributed by atoms with E-state index in [1.54, 1.807) is 23.5 Å². The molecule has 2 aromatic rings. The van der Waals surface area contributed by atoms with Crippen LogP contribution in [0.2, 0.25) is 5.02 Å². The number of carbonyl (C=O) groups is 2. The third kappa shape index (κ3) is 5.64. The highest BCUT2D eigenvalue weighted by atomic mass is 35.5. The summed E-state index contributed by atoms with van der Waals surface area (Å²) < 4.78 is 41.0. The van der Waals surface area contributed by atoms with Crippen LogP contribution in [-0.4, -0.2) is 35.4 Å². The van der Waals surface area contributed by atoms with Crippen LogP contribution in [0, 0.1) is 0 Å². The van der Waals surface area contributed by atoms with Crippen LogP contribution in [0.4, 0.5) is 18.0 Å². The van der Waals surface area contributed by atoms with E-state index >= 15 is 0 Å². The van der Waals surface area contributed by atoms with E-state index in [4.69, 9.17) is 16.0 Å². The lowest BCUT2D eigenvalue weighted by Gasteiger charge is -2.08. The number of imide groups is 1. The fourth-order valence-corrected chi connectivity index (χ4v) is 2.26. The van der Waals surface area contributed by atoms with E-state index < -0.39 is 24.7 Å². The van der Waals surface area contributed by atoms with Crippen molar-refractivity contribution in [3.63, 3.8) is 0 Å². The maximum absolute atomic E-state index is 11.9. The number of carbonyl (C=O) groups excluding carboxylic acids is 2. The number of fused-ring (bicyclic) bond motifs is 1. The Morgan fingerprint density at radius 2 is 2.09 bits per heavy atom. The van der Waals surface area contributed by atoms with Crippen LogP contribution in [0.1, 0.15) is 0 Å². The minimum Gasteiger partial charge on any atom is -0.431 e. The quantitative estimate of drug-likeness (QED) is 0.812. The third-order valence-electron chi connectivity index (χ3n) is 2.36. The van der Waals surface area contributed by atoms with Gasteiger partial charge in [-0.05, 0) is 18.2 Å². The van der Waals surface area contributed by atoms with Crippen LogP contribution in [-0.2, 0) is 4.79 Å². The standard InChI is InChI=1S/C12H9ClF3N3O3S/c13-6-1-2-8-7(3-6)18-11(22-8)23-4-9(20)19-10(21)17-5-12(14,15)16/h1-3H,4-5H2,(H2,17,19,20,21). The Morgan fingerprint density at radius 3 is 2.78 bits per heavy atom. The number of rotatable bonds is 4. The zero-order valence-electron chi connectivity index (χ0n) is 11.2. The Bertz CT molecular complexity index is 735. The molecule has 0 spiro atoms. The van der Waals surface area contributed by atoms with E-state index in [9.17, 15) is 22.8 Å². The summed E-state index contributed by atoms with van der Waals surface area (Å²) in [6, 6.07) is 3.58. The molecule has 124 valence electrons. The zero-order chi connectivity index (χ0) is 17.0. The second-order valence-corrected chi connectivity index (χ2v) is 5.59. The molecule has 2 N–H and O–H groups in total. The molecule has 1 aromatic heterocycles. The van der Waals surface area contributed by atoms with Crippen LogP contribution in [0.3, 0.4) is 0 Å². The summed E-state index contributed by atoms with van der Waals surface area (Å²) in [7, 11) is 0. The van der Waals surface area contributed by atoms with Gasteiger partial charge in [-0.25, -0.2) is 9.78 Å². The van der Waals surface area contributed by atoms with Crippen LogP contribution in [0.5, 0.6) is 0 Å². The largest absolute Gasteiger partial charge is 0.431 e. The summed E-state index contributed by atoms with van der Waals surface area (Å²) in [5.41, 5.74) is 0.976. The van der Waals surface area contributed by atoms with Crippen LogP contribution in [0.15, 0.2) is 27.8 Å². The summed E-state index contributed by atoms with van der Waals surface area (Å²) >= 11 is 6.69. The van der Waals surface area contributed by atoms with Crippen LogP contribution in [0.25, 0.3) is 11.1 Å². The van der Waals surface area contributed by atoms with Crippen molar-refractivity contribution in [3.05, 3.63) is 23.2 Å². The number of hydrogen-bond donors (Lipinski definition) is 2. The molecule has 0 aliphatic rings. The molecule has 0 saturated heterocycles. The number of aromatic nitrogens is 1. The second kappa shape index (κ2) is 7.09. The molecule has 0 radical (unpaired) electrons. The fourth-order valence-electron chi connectivity index (χ4n) is 1.46. The summed E-state index contributed by atoms with van der Waals surface area (Å²) in [5.74, 6) is -1.03. The number of urea groups is 1. The van der Waals surface area contributed by atoms with Gasteiger partial charge in [0.15, 0.2) is 5.58 Å². The van der Waals surface area contributed by atoms with Crippen molar-refractivity contribution in [2.75, 3.05) is 12.3 Å². The Morgan fingerprint density at radius 1 is 1.35 bits per heavy atom. The van der Waals surface area contributed by atoms with Crippen LogP contribution < -0.4 is 10.6 Å². The molecule has 0 bridgehead atoms. The molecular formula is C12H9ClF3N3O3S. The molecule has 1 aromatic carbocycles. The van der Waals surface area contributed by atoms with Gasteiger partial charge < -0.3 is 9.73 Å². The maximum atomic E-state index is 11.9. The van der Waals surface area contributed by atoms with Gasteiger partial charge in [-0.3, -0.25) is 10.1 Å². The van der Waals surface area contributed by atoms with E-state index in [1.807, 2.05) is 0 Å². The van der Waals surface area contributed by atoms with Crippen molar-refractivity contribution < 1.29 is 27.2 Å². The average Bonchev–Trinajstić information content (AvgIpc) is 2.84. The first-order valence-corrected chi connectivity index (χ1v) is 7.42. The molecule has 6 nitrogen and oxygen atoms in total. The van der Waals surface area contributed by atoms with Gasteiger partial charge in [-0.1, -0.05) is 23.4 Å². The molecule has 2 rings (SSSR count). The topological polar surface area (TPSA) is 84.2 Å². The molecule has 0 aliphatic carbocycles. The number of thioether (sulfide) groups is 1. The Kier molecular flexibility index (Phi) is 5.37. The van der Waals surface area contributed by atoms with Gasteiger partial charge in [0.05, 0.1) is 5.75 Å². The Balaban J connectivity index is 1.82. The highest BCUT2D eigenvalue weighted by Crippen LogP contribution is 2.25. The lowest BCUT2D eigenvalue weighted by Crippen LogP contribution is -2.43. The number of oxazole rings is 1. The Hall–Kier alpha value is -1.94. The Labute approximate surface area is 136 Å². The van der Waals surface area contributed by atoms with E-state index in [1.165, 1.54) is 5.32 Å². The first kappa shape index (κ1) is 17.4. The molecule has 3 amide bonds. The molecule has 0 aliphatic heterocycles. The van der Waals surface area contributed by atoms with Gasteiger partial charge in [0.1, 0.15) is 12.1 Å². The van der Waals surface area contributed by atoms with Gasteiger partial charge in [0, 0.05) is 5.02 Å². The lowest BCUT2D eigenvalue weighted by molar-refractivity contribution is -0.124. The number of nitrogens with one attached hydrogen (secondary N) is 2. The van der Waals surface area contributed by atoms with Crippen molar-refractivity contribution >= 4 is 46.4 Å². The van der Waals surface area contributed by atoms with E-state index in [0.29, 0.717) is 16.1 Å². The van der Waals surface area contributed by atoms with E-state index in [0.717, 1.165) is 11.8 Å². The number of halogens is 4. The van der Waals surface area contributed by atoms with Crippen molar-refractivity contribution in [3.8, 4) is 0 Å². The average molecular weight is 368 g/mol. The van der Waals surface area contributed by atoms with Crippen molar-refractivity contribution in [2.45, 2.75) is 11.4 Å². The SMILES string of the molecule is O=C(CSc1nc2cc(Cl)ccc2o1)NC(=O)NCC(F)(F)F. The van der Waals surface area contributed by atoms with Crippen LogP contribution >= 0.6 is 23.4 Å². The van der Waals surface area contributed by atoms with Crippen molar-refractivity contribution in [1.29, 1.82) is 0 Å². The minimum absolute atomic E-state index is 0.174. The smallest absolute Gasteiger partial charge is 0.405 e. The van der Waals surface area contributed by atoms with E-state index in [2.05, 4.69) is 4.98 Å². The lowest BCUT2D eigenvalue weighted by atomic mass is 10.3. The highest BCUT2D eigenvalue weighted by Gasteiger charge is 2.28.